The van der Waals surface area contributed by atoms with E-state index in [1.165, 1.54) is 31.5 Å². The summed E-state index contributed by atoms with van der Waals surface area (Å²) in [5.74, 6) is 0. The Balaban J connectivity index is 1.72. The van der Waals surface area contributed by atoms with Crippen molar-refractivity contribution in [3.8, 4) is 0 Å². The van der Waals surface area contributed by atoms with Gasteiger partial charge in [0.05, 0.1) is 13.2 Å². The summed E-state index contributed by atoms with van der Waals surface area (Å²) >= 11 is 3.56. The predicted octanol–water partition coefficient (Wildman–Crippen LogP) is 2.52. The minimum atomic E-state index is 0.578. The fraction of sp³-hybridized carbons (Fsp3) is 0.571. The van der Waals surface area contributed by atoms with Gasteiger partial charge in [-0.1, -0.05) is 28.1 Å². The van der Waals surface area contributed by atoms with E-state index in [1.54, 1.807) is 0 Å². The van der Waals surface area contributed by atoms with Gasteiger partial charge in [-0.2, -0.15) is 0 Å². The highest BCUT2D eigenvalue weighted by atomic mass is 79.9. The molecule has 1 saturated heterocycles. The molecule has 0 aliphatic carbocycles. The summed E-state index contributed by atoms with van der Waals surface area (Å²) < 4.78 is 6.82. The highest BCUT2D eigenvalue weighted by Gasteiger charge is 2.10. The Morgan fingerprint density at radius 2 is 2.06 bits per heavy atom. The molecule has 0 saturated carbocycles. The van der Waals surface area contributed by atoms with E-state index >= 15 is 0 Å². The van der Waals surface area contributed by atoms with Crippen LogP contribution in [0.5, 0.6) is 0 Å². The van der Waals surface area contributed by atoms with Crippen LogP contribution in [-0.2, 0) is 17.9 Å². The first kappa shape index (κ1) is 14.0. The molecule has 0 aromatic heterocycles. The largest absolute Gasteiger partial charge is 0.375 e. The summed E-state index contributed by atoms with van der Waals surface area (Å²) in [6.45, 7) is 5.58. The molecule has 2 N–H and O–H groups in total. The molecule has 0 amide bonds. The smallest absolute Gasteiger partial charge is 0.0728 e. The van der Waals surface area contributed by atoms with E-state index < -0.39 is 0 Å². The van der Waals surface area contributed by atoms with Gasteiger partial charge in [0.25, 0.3) is 0 Å². The third kappa shape index (κ3) is 4.05. The van der Waals surface area contributed by atoms with Crippen LogP contribution in [0.1, 0.15) is 24.0 Å². The molecular formula is C14H21BrN2O. The molecule has 1 heterocycles. The van der Waals surface area contributed by atoms with E-state index in [0.717, 1.165) is 23.2 Å². The minimum Gasteiger partial charge on any atom is -0.375 e. The Labute approximate surface area is 117 Å². The van der Waals surface area contributed by atoms with Crippen molar-refractivity contribution in [2.45, 2.75) is 26.0 Å². The molecule has 0 radical (unpaired) electrons. The average molecular weight is 313 g/mol. The molecule has 3 nitrogen and oxygen atoms in total. The second kappa shape index (κ2) is 7.24. The normalized spacial score (nSPS) is 16.3. The molecule has 1 aliphatic rings. The quantitative estimate of drug-likeness (QED) is 0.820. The number of likely N-dealkylation sites (tertiary alicyclic amines) is 1. The number of rotatable bonds is 6. The zero-order valence-electron chi connectivity index (χ0n) is 10.7. The van der Waals surface area contributed by atoms with Gasteiger partial charge in [-0.05, 0) is 43.1 Å². The Bertz CT molecular complexity index is 378. The summed E-state index contributed by atoms with van der Waals surface area (Å²) in [4.78, 5) is 2.46. The molecule has 0 bridgehead atoms. The topological polar surface area (TPSA) is 38.5 Å². The van der Waals surface area contributed by atoms with Crippen molar-refractivity contribution in [2.75, 3.05) is 26.2 Å². The SMILES string of the molecule is NCc1ccc(COCCN2CCCC2)c(Br)c1. The van der Waals surface area contributed by atoms with E-state index in [-0.39, 0.29) is 0 Å². The lowest BCUT2D eigenvalue weighted by atomic mass is 10.1. The van der Waals surface area contributed by atoms with E-state index in [1.807, 2.05) is 0 Å². The molecule has 0 spiro atoms. The zero-order valence-corrected chi connectivity index (χ0v) is 12.3. The Morgan fingerprint density at radius 1 is 1.28 bits per heavy atom. The fourth-order valence-electron chi connectivity index (χ4n) is 2.22. The first-order chi connectivity index (χ1) is 8.79. The predicted molar refractivity (Wildman–Crippen MR) is 77.4 cm³/mol. The maximum Gasteiger partial charge on any atom is 0.0728 e. The molecule has 1 aromatic rings. The highest BCUT2D eigenvalue weighted by Crippen LogP contribution is 2.19. The van der Waals surface area contributed by atoms with Gasteiger partial charge in [0.1, 0.15) is 0 Å². The van der Waals surface area contributed by atoms with Gasteiger partial charge in [-0.25, -0.2) is 0 Å². The van der Waals surface area contributed by atoms with Gasteiger partial charge in [0.15, 0.2) is 0 Å². The lowest BCUT2D eigenvalue weighted by molar-refractivity contribution is 0.0989. The highest BCUT2D eigenvalue weighted by molar-refractivity contribution is 9.10. The van der Waals surface area contributed by atoms with Crippen LogP contribution in [-0.4, -0.2) is 31.1 Å². The summed E-state index contributed by atoms with van der Waals surface area (Å²) in [5.41, 5.74) is 7.93. The van der Waals surface area contributed by atoms with E-state index in [2.05, 4.69) is 39.0 Å². The number of ether oxygens (including phenoxy) is 1. The van der Waals surface area contributed by atoms with Crippen LogP contribution in [0.4, 0.5) is 0 Å². The monoisotopic (exact) mass is 312 g/mol. The van der Waals surface area contributed by atoms with Crippen LogP contribution in [0.25, 0.3) is 0 Å². The van der Waals surface area contributed by atoms with Crippen LogP contribution < -0.4 is 5.73 Å². The first-order valence-corrected chi connectivity index (χ1v) is 7.36. The Kier molecular flexibility index (Phi) is 5.63. The lowest BCUT2D eigenvalue weighted by Gasteiger charge is -2.14. The average Bonchev–Trinajstić information content (AvgIpc) is 2.89. The molecule has 2 rings (SSSR count). The third-order valence-electron chi connectivity index (χ3n) is 3.36. The minimum absolute atomic E-state index is 0.578. The van der Waals surface area contributed by atoms with E-state index in [4.69, 9.17) is 10.5 Å². The van der Waals surface area contributed by atoms with E-state index in [9.17, 15) is 0 Å². The van der Waals surface area contributed by atoms with Crippen molar-refractivity contribution in [3.63, 3.8) is 0 Å². The van der Waals surface area contributed by atoms with Gasteiger partial charge in [0.2, 0.25) is 0 Å². The molecular weight excluding hydrogens is 292 g/mol. The van der Waals surface area contributed by atoms with Gasteiger partial charge >= 0.3 is 0 Å². The van der Waals surface area contributed by atoms with Crippen LogP contribution in [0.2, 0.25) is 0 Å². The third-order valence-corrected chi connectivity index (χ3v) is 4.10. The van der Waals surface area contributed by atoms with E-state index in [0.29, 0.717) is 13.2 Å². The molecule has 1 aliphatic heterocycles. The van der Waals surface area contributed by atoms with Crippen molar-refractivity contribution in [2.24, 2.45) is 5.73 Å². The molecule has 0 atom stereocenters. The van der Waals surface area contributed by atoms with Crippen LogP contribution >= 0.6 is 15.9 Å². The maximum atomic E-state index is 5.73. The maximum absolute atomic E-state index is 5.73. The van der Waals surface area contributed by atoms with Gasteiger partial charge < -0.3 is 15.4 Å². The molecule has 100 valence electrons. The second-order valence-electron chi connectivity index (χ2n) is 4.73. The van der Waals surface area contributed by atoms with Crippen molar-refractivity contribution in [1.29, 1.82) is 0 Å². The van der Waals surface area contributed by atoms with Gasteiger partial charge in [0, 0.05) is 17.6 Å². The Hall–Kier alpha value is -0.420. The summed E-state index contributed by atoms with van der Waals surface area (Å²) in [5, 5.41) is 0. The first-order valence-electron chi connectivity index (χ1n) is 6.57. The number of hydrogen-bond donors (Lipinski definition) is 1. The summed E-state index contributed by atoms with van der Waals surface area (Å²) in [6, 6.07) is 6.21. The van der Waals surface area contributed by atoms with Crippen molar-refractivity contribution in [3.05, 3.63) is 33.8 Å². The van der Waals surface area contributed by atoms with Crippen molar-refractivity contribution >= 4 is 15.9 Å². The van der Waals surface area contributed by atoms with Crippen molar-refractivity contribution < 1.29 is 4.74 Å². The number of nitrogens with two attached hydrogens (primary N) is 1. The summed E-state index contributed by atoms with van der Waals surface area (Å²) in [6.07, 6.45) is 2.68. The van der Waals surface area contributed by atoms with Gasteiger partial charge in [-0.3, -0.25) is 0 Å². The molecule has 0 unspecified atom stereocenters. The molecule has 1 fully saturated rings. The molecule has 4 heteroatoms. The number of halogens is 1. The van der Waals surface area contributed by atoms with Crippen LogP contribution in [0, 0.1) is 0 Å². The standard InChI is InChI=1S/C14H21BrN2O/c15-14-9-12(10-16)3-4-13(14)11-18-8-7-17-5-1-2-6-17/h3-4,9H,1-2,5-8,10-11,16H2. The zero-order chi connectivity index (χ0) is 12.8. The number of nitrogens with zero attached hydrogens (tertiary/aromatic N) is 1. The molecule has 1 aromatic carbocycles. The van der Waals surface area contributed by atoms with Crippen LogP contribution in [0.3, 0.4) is 0 Å². The van der Waals surface area contributed by atoms with Gasteiger partial charge in [-0.15, -0.1) is 0 Å². The van der Waals surface area contributed by atoms with Crippen LogP contribution in [0.15, 0.2) is 22.7 Å². The Morgan fingerprint density at radius 3 is 2.72 bits per heavy atom. The lowest BCUT2D eigenvalue weighted by Crippen LogP contribution is -2.23. The molecule has 18 heavy (non-hydrogen) atoms. The summed E-state index contributed by atoms with van der Waals surface area (Å²) in [7, 11) is 0. The number of benzene rings is 1. The van der Waals surface area contributed by atoms with Crippen molar-refractivity contribution in [1.82, 2.24) is 4.90 Å². The second-order valence-corrected chi connectivity index (χ2v) is 5.59. The number of hydrogen-bond acceptors (Lipinski definition) is 3. The fourth-order valence-corrected chi connectivity index (χ4v) is 2.76.